The highest BCUT2D eigenvalue weighted by molar-refractivity contribution is 14.1. The quantitative estimate of drug-likeness (QED) is 0.614. The molecule has 0 saturated carbocycles. The van der Waals surface area contributed by atoms with Crippen LogP contribution in [0.2, 0.25) is 0 Å². The SMILES string of the molecule is N#Cc1ccc([C@H](O)SCOc2ccccc2I)cc1. The third kappa shape index (κ3) is 4.13. The molecule has 0 heterocycles. The molecule has 0 aromatic heterocycles. The van der Waals surface area contributed by atoms with Crippen LogP contribution in [0.15, 0.2) is 48.5 Å². The highest BCUT2D eigenvalue weighted by Crippen LogP contribution is 2.28. The third-order valence-corrected chi connectivity index (χ3v) is 4.33. The number of benzene rings is 2. The molecular formula is C15H12INO2S. The zero-order valence-electron chi connectivity index (χ0n) is 10.5. The van der Waals surface area contributed by atoms with Crippen LogP contribution in [0.25, 0.3) is 0 Å². The maximum absolute atomic E-state index is 10.0. The summed E-state index contributed by atoms with van der Waals surface area (Å²) >= 11 is 3.50. The Kier molecular flexibility index (Phi) is 5.71. The summed E-state index contributed by atoms with van der Waals surface area (Å²) in [7, 11) is 0. The molecule has 0 amide bonds. The average molecular weight is 397 g/mol. The van der Waals surface area contributed by atoms with Crippen molar-refractivity contribution in [1.29, 1.82) is 5.26 Å². The van der Waals surface area contributed by atoms with Crippen LogP contribution < -0.4 is 4.74 Å². The van der Waals surface area contributed by atoms with Crippen LogP contribution in [0.3, 0.4) is 0 Å². The van der Waals surface area contributed by atoms with Crippen LogP contribution in [-0.4, -0.2) is 11.0 Å². The Morgan fingerprint density at radius 1 is 1.20 bits per heavy atom. The lowest BCUT2D eigenvalue weighted by molar-refractivity contribution is 0.266. The normalized spacial score (nSPS) is 11.7. The average Bonchev–Trinajstić information content (AvgIpc) is 2.49. The van der Waals surface area contributed by atoms with E-state index in [4.69, 9.17) is 10.00 Å². The summed E-state index contributed by atoms with van der Waals surface area (Å²) in [6, 6.07) is 16.7. The molecule has 102 valence electrons. The van der Waals surface area contributed by atoms with Gasteiger partial charge in [0.1, 0.15) is 17.1 Å². The smallest absolute Gasteiger partial charge is 0.136 e. The van der Waals surface area contributed by atoms with Crippen molar-refractivity contribution in [2.24, 2.45) is 0 Å². The Morgan fingerprint density at radius 2 is 1.90 bits per heavy atom. The molecule has 0 aliphatic carbocycles. The number of rotatable bonds is 5. The molecule has 0 bridgehead atoms. The third-order valence-electron chi connectivity index (χ3n) is 2.60. The first-order valence-electron chi connectivity index (χ1n) is 5.88. The Labute approximate surface area is 135 Å². The molecule has 2 aromatic carbocycles. The van der Waals surface area contributed by atoms with Gasteiger partial charge in [-0.1, -0.05) is 36.0 Å². The molecule has 2 aromatic rings. The first-order valence-corrected chi connectivity index (χ1v) is 8.00. The van der Waals surface area contributed by atoms with Gasteiger partial charge in [-0.05, 0) is 52.4 Å². The van der Waals surface area contributed by atoms with E-state index in [1.807, 2.05) is 24.3 Å². The number of aliphatic hydroxyl groups excluding tert-OH is 1. The van der Waals surface area contributed by atoms with E-state index in [0.29, 0.717) is 11.5 Å². The second-order valence-electron chi connectivity index (χ2n) is 3.95. The van der Waals surface area contributed by atoms with Crippen LogP contribution in [0.4, 0.5) is 0 Å². The van der Waals surface area contributed by atoms with Crippen LogP contribution >= 0.6 is 34.4 Å². The van der Waals surface area contributed by atoms with Gasteiger partial charge in [-0.15, -0.1) is 0 Å². The van der Waals surface area contributed by atoms with Crippen molar-refractivity contribution >= 4 is 34.4 Å². The summed E-state index contributed by atoms with van der Waals surface area (Å²) in [4.78, 5) is 0. The second-order valence-corrected chi connectivity index (χ2v) is 6.12. The summed E-state index contributed by atoms with van der Waals surface area (Å²) in [6.45, 7) is 0. The summed E-state index contributed by atoms with van der Waals surface area (Å²) < 4.78 is 6.66. The molecule has 1 N–H and O–H groups in total. The lowest BCUT2D eigenvalue weighted by Gasteiger charge is -2.12. The fourth-order valence-corrected chi connectivity index (χ4v) is 2.76. The molecule has 0 unspecified atom stereocenters. The molecule has 0 radical (unpaired) electrons. The molecule has 0 saturated heterocycles. The van der Waals surface area contributed by atoms with Gasteiger partial charge in [0.05, 0.1) is 15.2 Å². The van der Waals surface area contributed by atoms with E-state index < -0.39 is 5.44 Å². The predicted octanol–water partition coefficient (Wildman–Crippen LogP) is 3.92. The predicted molar refractivity (Wildman–Crippen MR) is 88.4 cm³/mol. The Bertz CT molecular complexity index is 610. The molecule has 0 aliphatic heterocycles. The fourth-order valence-electron chi connectivity index (χ4n) is 1.54. The minimum Gasteiger partial charge on any atom is -0.482 e. The molecule has 5 heteroatoms. The van der Waals surface area contributed by atoms with Crippen LogP contribution in [0.5, 0.6) is 5.75 Å². The van der Waals surface area contributed by atoms with Crippen molar-refractivity contribution in [2.75, 3.05) is 5.94 Å². The summed E-state index contributed by atoms with van der Waals surface area (Å²) in [6.07, 6.45) is 0. The van der Waals surface area contributed by atoms with Gasteiger partial charge in [0.25, 0.3) is 0 Å². The minimum atomic E-state index is -0.663. The summed E-state index contributed by atoms with van der Waals surface area (Å²) in [5.41, 5.74) is 0.686. The monoisotopic (exact) mass is 397 g/mol. The van der Waals surface area contributed by atoms with Gasteiger partial charge in [-0.2, -0.15) is 5.26 Å². The molecule has 3 nitrogen and oxygen atoms in total. The van der Waals surface area contributed by atoms with E-state index in [2.05, 4.69) is 28.7 Å². The van der Waals surface area contributed by atoms with Gasteiger partial charge >= 0.3 is 0 Å². The van der Waals surface area contributed by atoms with Gasteiger partial charge < -0.3 is 9.84 Å². The molecule has 0 spiro atoms. The molecule has 0 aliphatic rings. The maximum atomic E-state index is 10.0. The van der Waals surface area contributed by atoms with E-state index in [9.17, 15) is 5.11 Å². The molecule has 2 rings (SSSR count). The number of hydrogen-bond acceptors (Lipinski definition) is 4. The topological polar surface area (TPSA) is 53.2 Å². The standard InChI is InChI=1S/C15H12INO2S/c16-13-3-1-2-4-14(13)19-10-20-15(18)12-7-5-11(9-17)6-8-12/h1-8,15,18H,10H2/t15-/m1/s1. The number of halogens is 1. The van der Waals surface area contributed by atoms with E-state index in [1.54, 1.807) is 24.3 Å². The van der Waals surface area contributed by atoms with E-state index in [-0.39, 0.29) is 0 Å². The summed E-state index contributed by atoms with van der Waals surface area (Å²) in [5, 5.41) is 18.8. The first kappa shape index (κ1) is 15.2. The molecular weight excluding hydrogens is 385 g/mol. The summed E-state index contributed by atoms with van der Waals surface area (Å²) in [5.74, 6) is 1.17. The van der Waals surface area contributed by atoms with Crippen molar-refractivity contribution in [1.82, 2.24) is 0 Å². The van der Waals surface area contributed by atoms with Crippen molar-refractivity contribution < 1.29 is 9.84 Å². The molecule has 1 atom stereocenters. The lowest BCUT2D eigenvalue weighted by atomic mass is 10.2. The van der Waals surface area contributed by atoms with E-state index >= 15 is 0 Å². The molecule has 0 fully saturated rings. The number of ether oxygens (including phenoxy) is 1. The maximum Gasteiger partial charge on any atom is 0.136 e. The van der Waals surface area contributed by atoms with Gasteiger partial charge in [0.15, 0.2) is 0 Å². The second kappa shape index (κ2) is 7.53. The van der Waals surface area contributed by atoms with Gasteiger partial charge in [-0.3, -0.25) is 0 Å². The zero-order chi connectivity index (χ0) is 14.4. The van der Waals surface area contributed by atoms with Gasteiger partial charge in [0, 0.05) is 0 Å². The Balaban J connectivity index is 1.87. The van der Waals surface area contributed by atoms with Gasteiger partial charge in [0.2, 0.25) is 0 Å². The number of thioether (sulfide) groups is 1. The number of nitriles is 1. The Hall–Kier alpha value is -1.23. The number of aliphatic hydroxyl groups is 1. The van der Waals surface area contributed by atoms with Gasteiger partial charge in [-0.25, -0.2) is 0 Å². The van der Waals surface area contributed by atoms with E-state index in [1.165, 1.54) is 11.8 Å². The number of hydrogen-bond donors (Lipinski definition) is 1. The van der Waals surface area contributed by atoms with E-state index in [0.717, 1.165) is 14.9 Å². The number of nitrogens with zero attached hydrogens (tertiary/aromatic N) is 1. The first-order chi connectivity index (χ1) is 9.70. The number of para-hydroxylation sites is 1. The largest absolute Gasteiger partial charge is 0.482 e. The van der Waals surface area contributed by atoms with Crippen molar-refractivity contribution in [3.8, 4) is 11.8 Å². The van der Waals surface area contributed by atoms with Crippen molar-refractivity contribution in [3.05, 3.63) is 63.2 Å². The Morgan fingerprint density at radius 3 is 2.55 bits per heavy atom. The van der Waals surface area contributed by atoms with Crippen LogP contribution in [0, 0.1) is 14.9 Å². The van der Waals surface area contributed by atoms with Crippen LogP contribution in [0.1, 0.15) is 16.6 Å². The fraction of sp³-hybridized carbons (Fsp3) is 0.133. The van der Waals surface area contributed by atoms with Crippen molar-refractivity contribution in [3.63, 3.8) is 0 Å². The molecule has 20 heavy (non-hydrogen) atoms. The minimum absolute atomic E-state index is 0.362. The van der Waals surface area contributed by atoms with Crippen molar-refractivity contribution in [2.45, 2.75) is 5.44 Å². The highest BCUT2D eigenvalue weighted by atomic mass is 127. The zero-order valence-corrected chi connectivity index (χ0v) is 13.5. The lowest BCUT2D eigenvalue weighted by Crippen LogP contribution is -1.99. The highest BCUT2D eigenvalue weighted by Gasteiger charge is 2.08. The van der Waals surface area contributed by atoms with Crippen LogP contribution in [-0.2, 0) is 0 Å².